The fourth-order valence-electron chi connectivity index (χ4n) is 2.56. The predicted octanol–water partition coefficient (Wildman–Crippen LogP) is 3.99. The second kappa shape index (κ2) is 8.68. The van der Waals surface area contributed by atoms with Crippen LogP contribution < -0.4 is 4.74 Å². The molecule has 2 aromatic carbocycles. The fraction of sp³-hybridized carbons (Fsp3) is 0.250. The number of carbonyl (C=O) groups is 1. The molecular formula is C20H20ClN3O3. The van der Waals surface area contributed by atoms with Crippen LogP contribution in [0.25, 0.3) is 11.4 Å². The second-order valence-corrected chi connectivity index (χ2v) is 6.55. The van der Waals surface area contributed by atoms with Crippen molar-refractivity contribution in [3.63, 3.8) is 0 Å². The number of nitrogens with zero attached hydrogens (tertiary/aromatic N) is 3. The van der Waals surface area contributed by atoms with Gasteiger partial charge in [-0.15, -0.1) is 0 Å². The lowest BCUT2D eigenvalue weighted by atomic mass is 10.1. The summed E-state index contributed by atoms with van der Waals surface area (Å²) in [6, 6.07) is 14.9. The Labute approximate surface area is 162 Å². The number of amides is 1. The first kappa shape index (κ1) is 18.9. The first-order valence-corrected chi connectivity index (χ1v) is 8.88. The lowest BCUT2D eigenvalue weighted by molar-refractivity contribution is -0.130. The minimum absolute atomic E-state index is 0.00847. The third kappa shape index (κ3) is 5.08. The smallest absolute Gasteiger partial charge is 0.246 e. The molecule has 0 aliphatic carbocycles. The van der Waals surface area contributed by atoms with Gasteiger partial charge in [-0.3, -0.25) is 4.79 Å². The van der Waals surface area contributed by atoms with E-state index in [1.807, 2.05) is 48.5 Å². The van der Waals surface area contributed by atoms with Crippen molar-refractivity contribution in [2.45, 2.75) is 19.4 Å². The lowest BCUT2D eigenvalue weighted by Gasteiger charge is -2.14. The number of aryl methyl sites for hydroxylation is 1. The van der Waals surface area contributed by atoms with E-state index in [0.29, 0.717) is 29.6 Å². The monoisotopic (exact) mass is 385 g/mol. The highest BCUT2D eigenvalue weighted by Gasteiger charge is 2.15. The summed E-state index contributed by atoms with van der Waals surface area (Å²) < 4.78 is 10.4. The van der Waals surface area contributed by atoms with Gasteiger partial charge in [-0.25, -0.2) is 0 Å². The molecule has 0 atom stereocenters. The normalized spacial score (nSPS) is 10.6. The number of aromatic nitrogens is 2. The van der Waals surface area contributed by atoms with Crippen LogP contribution in [0.15, 0.2) is 53.1 Å². The van der Waals surface area contributed by atoms with E-state index in [4.69, 9.17) is 20.9 Å². The lowest BCUT2D eigenvalue weighted by Crippen LogP contribution is -2.26. The van der Waals surface area contributed by atoms with Crippen molar-refractivity contribution in [3.8, 4) is 17.1 Å². The molecule has 6 nitrogen and oxygen atoms in total. The Balaban J connectivity index is 1.55. The summed E-state index contributed by atoms with van der Waals surface area (Å²) in [6.45, 7) is 0.266. The van der Waals surface area contributed by atoms with E-state index < -0.39 is 0 Å². The summed E-state index contributed by atoms with van der Waals surface area (Å²) in [5.41, 5.74) is 1.89. The van der Waals surface area contributed by atoms with Crippen LogP contribution in [0, 0.1) is 0 Å². The molecule has 1 heterocycles. The molecule has 3 rings (SSSR count). The predicted molar refractivity (Wildman–Crippen MR) is 103 cm³/mol. The Morgan fingerprint density at radius 1 is 1.15 bits per heavy atom. The Morgan fingerprint density at radius 2 is 1.85 bits per heavy atom. The van der Waals surface area contributed by atoms with E-state index in [1.54, 1.807) is 19.1 Å². The zero-order chi connectivity index (χ0) is 19.2. The van der Waals surface area contributed by atoms with E-state index in [9.17, 15) is 4.79 Å². The average Bonchev–Trinajstić information content (AvgIpc) is 3.15. The van der Waals surface area contributed by atoms with E-state index in [-0.39, 0.29) is 12.5 Å². The molecule has 0 N–H and O–H groups in total. The van der Waals surface area contributed by atoms with E-state index in [2.05, 4.69) is 10.1 Å². The number of carbonyl (C=O) groups excluding carboxylic acids is 1. The molecule has 27 heavy (non-hydrogen) atoms. The van der Waals surface area contributed by atoms with Gasteiger partial charge in [-0.1, -0.05) is 28.9 Å². The molecule has 0 unspecified atom stereocenters. The van der Waals surface area contributed by atoms with Gasteiger partial charge in [0.25, 0.3) is 0 Å². The Kier molecular flexibility index (Phi) is 6.08. The minimum atomic E-state index is 0.00847. The third-order valence-corrected chi connectivity index (χ3v) is 4.41. The maximum absolute atomic E-state index is 12.3. The Morgan fingerprint density at radius 3 is 2.52 bits per heavy atom. The van der Waals surface area contributed by atoms with Crippen LogP contribution in [0.5, 0.6) is 5.75 Å². The summed E-state index contributed by atoms with van der Waals surface area (Å²) in [7, 11) is 3.34. The first-order chi connectivity index (χ1) is 13.0. The number of ether oxygens (including phenoxy) is 1. The molecule has 0 aliphatic rings. The fourth-order valence-corrected chi connectivity index (χ4v) is 2.69. The second-order valence-electron chi connectivity index (χ2n) is 6.12. The Hall–Kier alpha value is -2.86. The van der Waals surface area contributed by atoms with E-state index >= 15 is 0 Å². The zero-order valence-corrected chi connectivity index (χ0v) is 15.9. The van der Waals surface area contributed by atoms with Gasteiger partial charge in [0.05, 0.1) is 13.7 Å². The Bertz CT molecular complexity index is 892. The highest BCUT2D eigenvalue weighted by molar-refractivity contribution is 6.30. The van der Waals surface area contributed by atoms with Crippen LogP contribution in [-0.2, 0) is 17.8 Å². The van der Waals surface area contributed by atoms with E-state index in [0.717, 1.165) is 16.9 Å². The zero-order valence-electron chi connectivity index (χ0n) is 15.2. The molecule has 3 aromatic rings. The minimum Gasteiger partial charge on any atom is -0.497 e. The van der Waals surface area contributed by atoms with Crippen LogP contribution in [-0.4, -0.2) is 35.1 Å². The number of benzene rings is 2. The van der Waals surface area contributed by atoms with Crippen LogP contribution in [0.4, 0.5) is 0 Å². The van der Waals surface area contributed by atoms with E-state index in [1.165, 1.54) is 0 Å². The van der Waals surface area contributed by atoms with Crippen molar-refractivity contribution < 1.29 is 14.1 Å². The molecular weight excluding hydrogens is 366 g/mol. The number of halogens is 1. The third-order valence-electron chi connectivity index (χ3n) is 4.16. The van der Waals surface area contributed by atoms with Crippen molar-refractivity contribution in [3.05, 3.63) is 65.0 Å². The summed E-state index contributed by atoms with van der Waals surface area (Å²) in [5.74, 6) is 1.64. The van der Waals surface area contributed by atoms with Gasteiger partial charge in [-0.2, -0.15) is 4.98 Å². The van der Waals surface area contributed by atoms with Crippen molar-refractivity contribution in [1.82, 2.24) is 15.0 Å². The van der Waals surface area contributed by atoms with Crippen molar-refractivity contribution >= 4 is 17.5 Å². The number of rotatable bonds is 7. The van der Waals surface area contributed by atoms with Gasteiger partial charge in [0.2, 0.25) is 17.6 Å². The molecule has 140 valence electrons. The summed E-state index contributed by atoms with van der Waals surface area (Å²) in [6.07, 6.45) is 1.05. The molecule has 1 aromatic heterocycles. The van der Waals surface area contributed by atoms with Crippen LogP contribution in [0.3, 0.4) is 0 Å². The van der Waals surface area contributed by atoms with Crippen molar-refractivity contribution in [2.24, 2.45) is 0 Å². The summed E-state index contributed by atoms with van der Waals surface area (Å²) in [4.78, 5) is 18.3. The average molecular weight is 386 g/mol. The van der Waals surface area contributed by atoms with Gasteiger partial charge in [-0.05, 0) is 48.4 Å². The quantitative estimate of drug-likeness (QED) is 0.615. The summed E-state index contributed by atoms with van der Waals surface area (Å²) in [5, 5.41) is 4.67. The standard InChI is InChI=1S/C20H20ClN3O3/c1-24(19(25)12-5-14-3-8-16(21)9-4-14)13-18-22-20(23-27-18)15-6-10-17(26-2)11-7-15/h3-4,6-11H,5,12-13H2,1-2H3. The molecule has 1 amide bonds. The van der Waals surface area contributed by atoms with Gasteiger partial charge in [0.1, 0.15) is 5.75 Å². The molecule has 0 bridgehead atoms. The highest BCUT2D eigenvalue weighted by Crippen LogP contribution is 2.20. The summed E-state index contributed by atoms with van der Waals surface area (Å²) >= 11 is 5.87. The van der Waals surface area contributed by atoms with Gasteiger partial charge >= 0.3 is 0 Å². The SMILES string of the molecule is COc1ccc(-c2noc(CN(C)C(=O)CCc3ccc(Cl)cc3)n2)cc1. The molecule has 0 spiro atoms. The van der Waals surface area contributed by atoms with Crippen molar-refractivity contribution in [2.75, 3.05) is 14.2 Å². The molecule has 0 fully saturated rings. The molecule has 0 radical (unpaired) electrons. The topological polar surface area (TPSA) is 68.5 Å². The van der Waals surface area contributed by atoms with Gasteiger partial charge in [0.15, 0.2) is 0 Å². The van der Waals surface area contributed by atoms with Gasteiger partial charge < -0.3 is 14.2 Å². The number of hydrogen-bond acceptors (Lipinski definition) is 5. The molecule has 0 saturated heterocycles. The maximum atomic E-state index is 12.3. The van der Waals surface area contributed by atoms with Crippen LogP contribution >= 0.6 is 11.6 Å². The first-order valence-electron chi connectivity index (χ1n) is 8.50. The molecule has 0 aliphatic heterocycles. The van der Waals surface area contributed by atoms with Crippen LogP contribution in [0.1, 0.15) is 17.9 Å². The molecule has 0 saturated carbocycles. The van der Waals surface area contributed by atoms with Crippen LogP contribution in [0.2, 0.25) is 5.02 Å². The largest absolute Gasteiger partial charge is 0.497 e. The van der Waals surface area contributed by atoms with Gasteiger partial charge in [0, 0.05) is 24.1 Å². The number of methoxy groups -OCH3 is 1. The number of hydrogen-bond donors (Lipinski definition) is 0. The van der Waals surface area contributed by atoms with Crippen molar-refractivity contribution in [1.29, 1.82) is 0 Å². The highest BCUT2D eigenvalue weighted by atomic mass is 35.5. The maximum Gasteiger partial charge on any atom is 0.246 e. The molecule has 7 heteroatoms.